The van der Waals surface area contributed by atoms with Crippen LogP contribution in [0.2, 0.25) is 5.02 Å². The van der Waals surface area contributed by atoms with Crippen LogP contribution >= 0.6 is 36.4 Å². The van der Waals surface area contributed by atoms with Gasteiger partial charge in [0.25, 0.3) is 0 Å². The number of ether oxygens (including phenoxy) is 1. The summed E-state index contributed by atoms with van der Waals surface area (Å²) in [6.07, 6.45) is 3.94. The van der Waals surface area contributed by atoms with Gasteiger partial charge in [0, 0.05) is 44.3 Å². The summed E-state index contributed by atoms with van der Waals surface area (Å²) in [6.45, 7) is 5.98. The van der Waals surface area contributed by atoms with E-state index in [9.17, 15) is 4.79 Å². The Morgan fingerprint density at radius 3 is 2.29 bits per heavy atom. The fraction of sp³-hybridized carbons (Fsp3) is 0.348. The van der Waals surface area contributed by atoms with E-state index < -0.39 is 5.97 Å². The summed E-state index contributed by atoms with van der Waals surface area (Å²) >= 11 is 6.03. The summed E-state index contributed by atoms with van der Waals surface area (Å²) in [4.78, 5) is 15.3. The summed E-state index contributed by atoms with van der Waals surface area (Å²) in [5, 5.41) is 9.28. The van der Waals surface area contributed by atoms with Crippen molar-refractivity contribution < 1.29 is 14.6 Å². The van der Waals surface area contributed by atoms with Crippen molar-refractivity contribution in [3.8, 4) is 11.1 Å². The lowest BCUT2D eigenvalue weighted by molar-refractivity contribution is -0.141. The summed E-state index contributed by atoms with van der Waals surface area (Å²) < 4.78 is 5.00. The maximum Gasteiger partial charge on any atom is 0.329 e. The van der Waals surface area contributed by atoms with Crippen LogP contribution in [0.4, 0.5) is 0 Å². The first kappa shape index (κ1) is 27.4. The molecular formula is C23H29Cl3N2O3. The molecule has 170 valence electrons. The zero-order chi connectivity index (χ0) is 20.5. The van der Waals surface area contributed by atoms with Gasteiger partial charge in [0.2, 0.25) is 0 Å². The largest absolute Gasteiger partial charge is 0.480 e. The molecular weight excluding hydrogens is 459 g/mol. The number of carboxylic acid groups (broad SMARTS) is 1. The van der Waals surface area contributed by atoms with Gasteiger partial charge in [0.1, 0.15) is 6.61 Å². The molecule has 0 spiro atoms. The number of rotatable bonds is 9. The van der Waals surface area contributed by atoms with Crippen LogP contribution in [0.5, 0.6) is 0 Å². The van der Waals surface area contributed by atoms with Crippen molar-refractivity contribution in [3.63, 3.8) is 0 Å². The highest BCUT2D eigenvalue weighted by Gasteiger charge is 2.17. The van der Waals surface area contributed by atoms with Crippen molar-refractivity contribution in [1.82, 2.24) is 9.80 Å². The third-order valence-corrected chi connectivity index (χ3v) is 5.25. The van der Waals surface area contributed by atoms with Gasteiger partial charge in [-0.3, -0.25) is 9.80 Å². The zero-order valence-corrected chi connectivity index (χ0v) is 19.7. The standard InChI is InChI=1S/C23H27ClN2O3.2ClH/c24-21-9-7-19(8-10-21)22-6-2-1-5-20(22)17-26-14-12-25(13-15-26)11-3-4-16-29-18-23(27)28;;/h1-10H,11-18H2,(H,27,28);2*1H. The van der Waals surface area contributed by atoms with E-state index in [2.05, 4.69) is 46.2 Å². The van der Waals surface area contributed by atoms with Crippen LogP contribution in [0.3, 0.4) is 0 Å². The lowest BCUT2D eigenvalue weighted by atomic mass is 9.99. The Morgan fingerprint density at radius 2 is 1.61 bits per heavy atom. The van der Waals surface area contributed by atoms with Crippen LogP contribution in [-0.4, -0.2) is 66.8 Å². The maximum atomic E-state index is 10.4. The fourth-order valence-corrected chi connectivity index (χ4v) is 3.57. The smallest absolute Gasteiger partial charge is 0.329 e. The average molecular weight is 488 g/mol. The van der Waals surface area contributed by atoms with E-state index in [1.165, 1.54) is 16.7 Å². The number of aliphatic carboxylic acids is 1. The molecule has 1 heterocycles. The lowest BCUT2D eigenvalue weighted by Gasteiger charge is -2.34. The Kier molecular flexibility index (Phi) is 12.8. The molecule has 0 saturated carbocycles. The first-order valence-electron chi connectivity index (χ1n) is 9.85. The van der Waals surface area contributed by atoms with Crippen LogP contribution in [-0.2, 0) is 16.1 Å². The van der Waals surface area contributed by atoms with Crippen LogP contribution in [0, 0.1) is 0 Å². The minimum absolute atomic E-state index is 0. The van der Waals surface area contributed by atoms with E-state index in [1.54, 1.807) is 0 Å². The molecule has 31 heavy (non-hydrogen) atoms. The molecule has 5 nitrogen and oxygen atoms in total. The number of carboxylic acids is 1. The van der Waals surface area contributed by atoms with Crippen LogP contribution < -0.4 is 0 Å². The highest BCUT2D eigenvalue weighted by Crippen LogP contribution is 2.26. The first-order chi connectivity index (χ1) is 14.1. The lowest BCUT2D eigenvalue weighted by Crippen LogP contribution is -2.45. The molecule has 1 saturated heterocycles. The zero-order valence-electron chi connectivity index (χ0n) is 17.3. The second kappa shape index (κ2) is 14.5. The van der Waals surface area contributed by atoms with Gasteiger partial charge in [-0.25, -0.2) is 4.79 Å². The molecule has 1 aliphatic heterocycles. The highest BCUT2D eigenvalue weighted by atomic mass is 35.5. The quantitative estimate of drug-likeness (QED) is 0.413. The summed E-state index contributed by atoms with van der Waals surface area (Å²) in [6, 6.07) is 16.6. The van der Waals surface area contributed by atoms with E-state index in [1.807, 2.05) is 24.3 Å². The minimum atomic E-state index is -0.938. The molecule has 0 bridgehead atoms. The second-order valence-electron chi connectivity index (χ2n) is 7.12. The van der Waals surface area contributed by atoms with E-state index in [0.29, 0.717) is 6.61 Å². The SMILES string of the molecule is Cl.Cl.O=C(O)COCC=CCN1CCN(Cc2ccccc2-c2ccc(Cl)cc2)CC1. The number of carbonyl (C=O) groups is 1. The van der Waals surface area contributed by atoms with E-state index in [-0.39, 0.29) is 31.4 Å². The van der Waals surface area contributed by atoms with Crippen LogP contribution in [0.25, 0.3) is 11.1 Å². The van der Waals surface area contributed by atoms with Gasteiger partial charge in [-0.2, -0.15) is 0 Å². The topological polar surface area (TPSA) is 53.0 Å². The van der Waals surface area contributed by atoms with Crippen LogP contribution in [0.1, 0.15) is 5.56 Å². The average Bonchev–Trinajstić information content (AvgIpc) is 2.73. The van der Waals surface area contributed by atoms with Gasteiger partial charge in [-0.05, 0) is 28.8 Å². The molecule has 2 aromatic carbocycles. The monoisotopic (exact) mass is 486 g/mol. The Morgan fingerprint density at radius 1 is 0.968 bits per heavy atom. The number of nitrogens with zero attached hydrogens (tertiary/aromatic N) is 2. The summed E-state index contributed by atoms with van der Waals surface area (Å²) in [5.74, 6) is -0.938. The molecule has 0 radical (unpaired) electrons. The molecule has 0 aromatic heterocycles. The number of hydrogen-bond acceptors (Lipinski definition) is 4. The van der Waals surface area contributed by atoms with Gasteiger partial charge in [-0.15, -0.1) is 24.8 Å². The second-order valence-corrected chi connectivity index (χ2v) is 7.56. The minimum Gasteiger partial charge on any atom is -0.480 e. The molecule has 0 unspecified atom stereocenters. The van der Waals surface area contributed by atoms with Crippen molar-refractivity contribution in [2.45, 2.75) is 6.54 Å². The molecule has 0 amide bonds. The van der Waals surface area contributed by atoms with Crippen molar-refractivity contribution in [2.75, 3.05) is 45.9 Å². The number of piperazine rings is 1. The fourth-order valence-electron chi connectivity index (χ4n) is 3.45. The number of hydrogen-bond donors (Lipinski definition) is 1. The van der Waals surface area contributed by atoms with Crippen molar-refractivity contribution in [3.05, 3.63) is 71.3 Å². The number of halogens is 3. The van der Waals surface area contributed by atoms with E-state index >= 15 is 0 Å². The van der Waals surface area contributed by atoms with E-state index in [4.69, 9.17) is 21.4 Å². The Balaban J connectivity index is 0.00000240. The van der Waals surface area contributed by atoms with Gasteiger partial charge < -0.3 is 9.84 Å². The van der Waals surface area contributed by atoms with Crippen molar-refractivity contribution in [2.24, 2.45) is 0 Å². The first-order valence-corrected chi connectivity index (χ1v) is 10.2. The third kappa shape index (κ3) is 9.19. The molecule has 1 N–H and O–H groups in total. The normalized spacial score (nSPS) is 14.7. The Hall–Kier alpha value is -1.60. The Bertz CT molecular complexity index is 823. The predicted octanol–water partition coefficient (Wildman–Crippen LogP) is 4.63. The maximum absolute atomic E-state index is 10.4. The Labute approximate surface area is 201 Å². The molecule has 8 heteroatoms. The highest BCUT2D eigenvalue weighted by molar-refractivity contribution is 6.30. The molecule has 3 rings (SSSR count). The number of benzene rings is 2. The molecule has 1 fully saturated rings. The summed E-state index contributed by atoms with van der Waals surface area (Å²) in [5.41, 5.74) is 3.79. The predicted molar refractivity (Wildman–Crippen MR) is 131 cm³/mol. The van der Waals surface area contributed by atoms with E-state index in [0.717, 1.165) is 44.3 Å². The van der Waals surface area contributed by atoms with Gasteiger partial charge in [-0.1, -0.05) is 60.2 Å². The van der Waals surface area contributed by atoms with Gasteiger partial charge in [0.05, 0.1) is 6.61 Å². The van der Waals surface area contributed by atoms with Crippen molar-refractivity contribution >= 4 is 42.4 Å². The summed E-state index contributed by atoms with van der Waals surface area (Å²) in [7, 11) is 0. The molecule has 2 aromatic rings. The molecule has 1 aliphatic rings. The molecule has 0 atom stereocenters. The van der Waals surface area contributed by atoms with Gasteiger partial charge >= 0.3 is 5.97 Å². The van der Waals surface area contributed by atoms with Crippen LogP contribution in [0.15, 0.2) is 60.7 Å². The third-order valence-electron chi connectivity index (χ3n) is 5.00. The van der Waals surface area contributed by atoms with Gasteiger partial charge in [0.15, 0.2) is 0 Å². The molecule has 0 aliphatic carbocycles. The van der Waals surface area contributed by atoms with Crippen molar-refractivity contribution in [1.29, 1.82) is 0 Å².